The molecule has 0 amide bonds. The maximum absolute atomic E-state index is 2.42. The molecule has 0 aliphatic heterocycles. The van der Waals surface area contributed by atoms with Crippen LogP contribution in [0.3, 0.4) is 0 Å². The van der Waals surface area contributed by atoms with Gasteiger partial charge in [0.1, 0.15) is 0 Å². The van der Waals surface area contributed by atoms with Gasteiger partial charge in [-0.1, -0.05) is 0 Å². The Bertz CT molecular complexity index is 973. The smallest absolute Gasteiger partial charge is 0.147 e. The Hall–Kier alpha value is -1.05. The molecule has 1 unspecified atom stereocenters. The summed E-state index contributed by atoms with van der Waals surface area (Å²) in [7, 11) is 0. The Labute approximate surface area is 160 Å². The minimum atomic E-state index is -0.0233. The molecule has 115 valence electrons. The SMILES string of the molecule is CC1(c2cccc3ccccc23)C=c2ccccc2=[C]1[Ti].Cl.Cl. The molecule has 0 spiro atoms. The van der Waals surface area contributed by atoms with E-state index in [1.165, 1.54) is 30.7 Å². The largest absolute Gasteiger partial charge is 0.147 e. The molecule has 1 aliphatic rings. The summed E-state index contributed by atoms with van der Waals surface area (Å²) in [6.07, 6.45) is 2.42. The third kappa shape index (κ3) is 2.79. The summed E-state index contributed by atoms with van der Waals surface area (Å²) in [4.78, 5) is 0. The van der Waals surface area contributed by atoms with Crippen molar-refractivity contribution in [3.8, 4) is 0 Å². The van der Waals surface area contributed by atoms with Crippen LogP contribution in [0.2, 0.25) is 0 Å². The van der Waals surface area contributed by atoms with Crippen molar-refractivity contribution in [2.45, 2.75) is 12.3 Å². The van der Waals surface area contributed by atoms with Crippen molar-refractivity contribution in [1.82, 2.24) is 0 Å². The Balaban J connectivity index is 0.000000960. The second-order valence-electron chi connectivity index (χ2n) is 5.84. The predicted octanol–water partition coefficient (Wildman–Crippen LogP) is 4.09. The predicted molar refractivity (Wildman–Crippen MR) is 99.4 cm³/mol. The first kappa shape index (κ1) is 18.3. The summed E-state index contributed by atoms with van der Waals surface area (Å²) in [6, 6.07) is 24.0. The van der Waals surface area contributed by atoms with Crippen LogP contribution >= 0.6 is 24.8 Å². The van der Waals surface area contributed by atoms with Gasteiger partial charge in [0.15, 0.2) is 0 Å². The van der Waals surface area contributed by atoms with Crippen LogP contribution in [0, 0.1) is 0 Å². The van der Waals surface area contributed by atoms with Gasteiger partial charge in [-0.05, 0) is 0 Å². The minimum Gasteiger partial charge on any atom is -0.147 e. The van der Waals surface area contributed by atoms with E-state index < -0.39 is 0 Å². The molecule has 0 aromatic heterocycles. The van der Waals surface area contributed by atoms with Crippen molar-refractivity contribution in [3.05, 3.63) is 82.7 Å². The molecule has 0 saturated carbocycles. The van der Waals surface area contributed by atoms with Crippen LogP contribution in [0.5, 0.6) is 0 Å². The van der Waals surface area contributed by atoms with Gasteiger partial charge in [0, 0.05) is 0 Å². The fourth-order valence-electron chi connectivity index (χ4n) is 3.40. The number of fused-ring (bicyclic) bond motifs is 2. The molecule has 0 N–H and O–H groups in total. The number of benzene rings is 3. The van der Waals surface area contributed by atoms with Crippen LogP contribution in [0.15, 0.2) is 66.7 Å². The molecule has 0 fully saturated rings. The second-order valence-corrected chi connectivity index (χ2v) is 6.62. The van der Waals surface area contributed by atoms with E-state index in [-0.39, 0.29) is 30.2 Å². The van der Waals surface area contributed by atoms with Crippen molar-refractivity contribution in [1.29, 1.82) is 0 Å². The summed E-state index contributed by atoms with van der Waals surface area (Å²) in [5.41, 5.74) is 1.37. The zero-order valence-electron chi connectivity index (χ0n) is 12.7. The van der Waals surface area contributed by atoms with E-state index in [0.717, 1.165) is 0 Å². The standard InChI is InChI=1S/C20H15.2ClH.Ti/c1-20(13-16-8-2-3-9-17(16)14-20)19-12-6-10-15-7-4-5-11-18(15)19;;;/h2-13H,1H3;2*1H;. The van der Waals surface area contributed by atoms with Gasteiger partial charge in [-0.25, -0.2) is 0 Å². The van der Waals surface area contributed by atoms with Crippen molar-refractivity contribution in [3.63, 3.8) is 0 Å². The van der Waals surface area contributed by atoms with Crippen LogP contribution in [0.1, 0.15) is 12.5 Å². The summed E-state index contributed by atoms with van der Waals surface area (Å²) < 4.78 is 1.44. The van der Waals surface area contributed by atoms with Crippen molar-refractivity contribution >= 4 is 45.5 Å². The molecule has 3 aromatic carbocycles. The Morgan fingerprint density at radius 3 is 2.22 bits per heavy atom. The van der Waals surface area contributed by atoms with Gasteiger partial charge in [-0.2, -0.15) is 0 Å². The fraction of sp³-hybridized carbons (Fsp3) is 0.100. The van der Waals surface area contributed by atoms with E-state index in [9.17, 15) is 0 Å². The zero-order valence-corrected chi connectivity index (χ0v) is 15.9. The van der Waals surface area contributed by atoms with Crippen molar-refractivity contribution in [2.24, 2.45) is 0 Å². The fourth-order valence-corrected chi connectivity index (χ4v) is 4.08. The molecule has 0 nitrogen and oxygen atoms in total. The van der Waals surface area contributed by atoms with Gasteiger partial charge in [-0.15, -0.1) is 24.8 Å². The maximum Gasteiger partial charge on any atom is -0.147 e. The molecule has 0 heterocycles. The first-order valence-electron chi connectivity index (χ1n) is 7.23. The third-order valence-corrected chi connectivity index (χ3v) is 5.77. The van der Waals surface area contributed by atoms with Crippen LogP contribution in [-0.4, -0.2) is 0 Å². The molecule has 23 heavy (non-hydrogen) atoms. The Kier molecular flexibility index (Phi) is 5.43. The summed E-state index contributed by atoms with van der Waals surface area (Å²) >= 11 is 2.27. The van der Waals surface area contributed by atoms with Crippen molar-refractivity contribution in [2.75, 3.05) is 0 Å². The van der Waals surface area contributed by atoms with Gasteiger partial charge >= 0.3 is 136 Å². The molecule has 0 saturated heterocycles. The van der Waals surface area contributed by atoms with E-state index in [1.54, 1.807) is 0 Å². The number of halogens is 2. The molecule has 0 bridgehead atoms. The average molecular weight is 376 g/mol. The molecule has 4 rings (SSSR count). The number of hydrogen-bond acceptors (Lipinski definition) is 0. The van der Waals surface area contributed by atoms with Gasteiger partial charge in [0.05, 0.1) is 0 Å². The van der Waals surface area contributed by atoms with E-state index in [0.29, 0.717) is 0 Å². The Morgan fingerprint density at radius 1 is 0.783 bits per heavy atom. The van der Waals surface area contributed by atoms with E-state index in [1.807, 2.05) is 0 Å². The van der Waals surface area contributed by atoms with Crippen LogP contribution in [0.4, 0.5) is 0 Å². The number of rotatable bonds is 1. The third-order valence-electron chi connectivity index (χ3n) is 4.54. The van der Waals surface area contributed by atoms with Crippen molar-refractivity contribution < 1.29 is 20.4 Å². The first-order chi connectivity index (χ1) is 10.2. The van der Waals surface area contributed by atoms with E-state index >= 15 is 0 Å². The van der Waals surface area contributed by atoms with Gasteiger partial charge in [0.25, 0.3) is 0 Å². The van der Waals surface area contributed by atoms with E-state index in [2.05, 4.69) is 100 Å². The molecule has 0 radical (unpaired) electrons. The van der Waals surface area contributed by atoms with Crippen LogP contribution < -0.4 is 10.4 Å². The van der Waals surface area contributed by atoms with E-state index in [4.69, 9.17) is 0 Å². The quantitative estimate of drug-likeness (QED) is 0.562. The minimum absolute atomic E-state index is 0. The molecule has 3 heteroatoms. The summed E-state index contributed by atoms with van der Waals surface area (Å²) in [6.45, 7) is 2.34. The number of hydrogen-bond donors (Lipinski definition) is 0. The maximum atomic E-state index is 2.42. The average Bonchev–Trinajstić information content (AvgIpc) is 2.79. The second kappa shape index (κ2) is 6.83. The normalized spacial score (nSPS) is 18.5. The monoisotopic (exact) mass is 375 g/mol. The van der Waals surface area contributed by atoms with Crippen LogP contribution in [-0.2, 0) is 25.9 Å². The Morgan fingerprint density at radius 2 is 1.43 bits per heavy atom. The van der Waals surface area contributed by atoms with Gasteiger partial charge in [0.2, 0.25) is 0 Å². The first-order valence-corrected chi connectivity index (χ1v) is 8.01. The summed E-state index contributed by atoms with van der Waals surface area (Å²) in [5, 5.41) is 5.40. The molecule has 3 aromatic rings. The molecule has 1 atom stereocenters. The van der Waals surface area contributed by atoms with Gasteiger partial charge < -0.3 is 0 Å². The zero-order chi connectivity index (χ0) is 14.4. The topological polar surface area (TPSA) is 0 Å². The molecular formula is C20H17Cl2Ti. The molecule has 1 aliphatic carbocycles. The van der Waals surface area contributed by atoms with Gasteiger partial charge in [-0.3, -0.25) is 0 Å². The molecular weight excluding hydrogens is 359 g/mol. The summed E-state index contributed by atoms with van der Waals surface area (Å²) in [5.74, 6) is 0. The van der Waals surface area contributed by atoms with Crippen LogP contribution in [0.25, 0.3) is 20.7 Å².